The number of carbonyl (C=O) groups excluding carboxylic acids is 1. The summed E-state index contributed by atoms with van der Waals surface area (Å²) in [6, 6.07) is 0.166. The molecule has 0 spiro atoms. The number of amides is 2. The van der Waals surface area contributed by atoms with Crippen LogP contribution in [0.4, 0.5) is 4.79 Å². The molecule has 0 aliphatic rings. The molecule has 0 radical (unpaired) electrons. The van der Waals surface area contributed by atoms with Gasteiger partial charge in [-0.15, -0.1) is 0 Å². The maximum absolute atomic E-state index is 11.3. The van der Waals surface area contributed by atoms with Crippen LogP contribution in [0.3, 0.4) is 0 Å². The fourth-order valence-electron chi connectivity index (χ4n) is 1.24. The minimum atomic E-state index is -0.115. The molecule has 0 aromatic heterocycles. The molecule has 0 rings (SSSR count). The highest BCUT2D eigenvalue weighted by Gasteiger charge is 2.11. The Bertz CT molecular complexity index is 154. The van der Waals surface area contributed by atoms with E-state index in [0.29, 0.717) is 6.61 Å². The summed E-state index contributed by atoms with van der Waals surface area (Å²) in [4.78, 5) is 11.3. The quantitative estimate of drug-likeness (QED) is 0.686. The van der Waals surface area contributed by atoms with Gasteiger partial charge in [-0.2, -0.15) is 0 Å². The molecule has 4 nitrogen and oxygen atoms in total. The SMILES string of the molecule is CCCC(COC)NC(=O)NC(C)C. The summed E-state index contributed by atoms with van der Waals surface area (Å²) in [7, 11) is 1.64. The molecule has 2 N–H and O–H groups in total. The monoisotopic (exact) mass is 202 g/mol. The zero-order valence-corrected chi connectivity index (χ0v) is 9.59. The summed E-state index contributed by atoms with van der Waals surface area (Å²) in [6.45, 7) is 6.53. The molecule has 0 aromatic rings. The topological polar surface area (TPSA) is 50.4 Å². The van der Waals surface area contributed by atoms with Crippen molar-refractivity contribution in [3.8, 4) is 0 Å². The normalized spacial score (nSPS) is 12.6. The molecule has 0 heterocycles. The van der Waals surface area contributed by atoms with Gasteiger partial charge in [-0.3, -0.25) is 0 Å². The number of urea groups is 1. The van der Waals surface area contributed by atoms with E-state index in [1.807, 2.05) is 13.8 Å². The minimum Gasteiger partial charge on any atom is -0.383 e. The third-order valence-corrected chi connectivity index (χ3v) is 1.76. The number of hydrogen-bond donors (Lipinski definition) is 2. The molecule has 84 valence electrons. The molecule has 0 aliphatic heterocycles. The molecule has 0 saturated heterocycles. The van der Waals surface area contributed by atoms with Crippen molar-refractivity contribution in [2.45, 2.75) is 45.7 Å². The minimum absolute atomic E-state index is 0.115. The highest BCUT2D eigenvalue weighted by Crippen LogP contribution is 1.96. The Kier molecular flexibility index (Phi) is 7.20. The van der Waals surface area contributed by atoms with E-state index in [0.717, 1.165) is 12.8 Å². The number of rotatable bonds is 6. The van der Waals surface area contributed by atoms with Gasteiger partial charge in [0.25, 0.3) is 0 Å². The van der Waals surface area contributed by atoms with Crippen molar-refractivity contribution in [1.82, 2.24) is 10.6 Å². The molecule has 2 amide bonds. The highest BCUT2D eigenvalue weighted by atomic mass is 16.5. The Hall–Kier alpha value is -0.770. The van der Waals surface area contributed by atoms with Crippen LogP contribution >= 0.6 is 0 Å². The Labute approximate surface area is 86.4 Å². The molecule has 0 aromatic carbocycles. The smallest absolute Gasteiger partial charge is 0.315 e. The molecule has 1 atom stereocenters. The van der Waals surface area contributed by atoms with Crippen LogP contribution in [0.1, 0.15) is 33.6 Å². The lowest BCUT2D eigenvalue weighted by molar-refractivity contribution is 0.161. The number of carbonyl (C=O) groups is 1. The maximum Gasteiger partial charge on any atom is 0.315 e. The van der Waals surface area contributed by atoms with Crippen molar-refractivity contribution in [3.63, 3.8) is 0 Å². The van der Waals surface area contributed by atoms with Gasteiger partial charge >= 0.3 is 6.03 Å². The number of ether oxygens (including phenoxy) is 1. The Morgan fingerprint density at radius 1 is 1.36 bits per heavy atom. The first kappa shape index (κ1) is 13.2. The van der Waals surface area contributed by atoms with Crippen LogP contribution in [0.15, 0.2) is 0 Å². The third-order valence-electron chi connectivity index (χ3n) is 1.76. The van der Waals surface area contributed by atoms with Crippen LogP contribution in [0.25, 0.3) is 0 Å². The van der Waals surface area contributed by atoms with Crippen molar-refractivity contribution >= 4 is 6.03 Å². The second-order valence-electron chi connectivity index (χ2n) is 3.71. The molecular weight excluding hydrogens is 180 g/mol. The van der Waals surface area contributed by atoms with E-state index in [2.05, 4.69) is 17.6 Å². The van der Waals surface area contributed by atoms with Gasteiger partial charge in [0, 0.05) is 13.2 Å². The zero-order valence-electron chi connectivity index (χ0n) is 9.59. The highest BCUT2D eigenvalue weighted by molar-refractivity contribution is 5.74. The van der Waals surface area contributed by atoms with Gasteiger partial charge in [0.2, 0.25) is 0 Å². The molecule has 14 heavy (non-hydrogen) atoms. The van der Waals surface area contributed by atoms with Gasteiger partial charge in [-0.1, -0.05) is 13.3 Å². The third kappa shape index (κ3) is 6.71. The first-order valence-corrected chi connectivity index (χ1v) is 5.16. The zero-order chi connectivity index (χ0) is 11.0. The second kappa shape index (κ2) is 7.62. The Morgan fingerprint density at radius 2 is 2.00 bits per heavy atom. The number of hydrogen-bond acceptors (Lipinski definition) is 2. The fraction of sp³-hybridized carbons (Fsp3) is 0.900. The van der Waals surface area contributed by atoms with Crippen molar-refractivity contribution in [2.24, 2.45) is 0 Å². The molecular formula is C10H22N2O2. The van der Waals surface area contributed by atoms with E-state index in [-0.39, 0.29) is 18.1 Å². The molecule has 0 fully saturated rings. The lowest BCUT2D eigenvalue weighted by Crippen LogP contribution is -2.46. The van der Waals surface area contributed by atoms with Gasteiger partial charge in [-0.25, -0.2) is 4.79 Å². The van der Waals surface area contributed by atoms with Crippen LogP contribution in [-0.4, -0.2) is 31.8 Å². The fourth-order valence-corrected chi connectivity index (χ4v) is 1.24. The summed E-state index contributed by atoms with van der Waals surface area (Å²) >= 11 is 0. The van der Waals surface area contributed by atoms with Gasteiger partial charge in [-0.05, 0) is 20.3 Å². The number of methoxy groups -OCH3 is 1. The van der Waals surface area contributed by atoms with E-state index < -0.39 is 0 Å². The summed E-state index contributed by atoms with van der Waals surface area (Å²) in [5.41, 5.74) is 0. The Morgan fingerprint density at radius 3 is 2.43 bits per heavy atom. The van der Waals surface area contributed by atoms with E-state index in [4.69, 9.17) is 4.74 Å². The van der Waals surface area contributed by atoms with Crippen molar-refractivity contribution in [2.75, 3.05) is 13.7 Å². The second-order valence-corrected chi connectivity index (χ2v) is 3.71. The predicted molar refractivity (Wildman–Crippen MR) is 57.4 cm³/mol. The summed E-state index contributed by atoms with van der Waals surface area (Å²) < 4.78 is 5.02. The summed E-state index contributed by atoms with van der Waals surface area (Å²) in [6.07, 6.45) is 1.98. The number of nitrogens with one attached hydrogen (secondary N) is 2. The van der Waals surface area contributed by atoms with Gasteiger partial charge in [0.1, 0.15) is 0 Å². The maximum atomic E-state index is 11.3. The van der Waals surface area contributed by atoms with Crippen LogP contribution in [0, 0.1) is 0 Å². The molecule has 1 unspecified atom stereocenters. The summed E-state index contributed by atoms with van der Waals surface area (Å²) in [5.74, 6) is 0. The largest absolute Gasteiger partial charge is 0.383 e. The van der Waals surface area contributed by atoms with Crippen molar-refractivity contribution in [3.05, 3.63) is 0 Å². The molecule has 0 saturated carbocycles. The standard InChI is InChI=1S/C10H22N2O2/c1-5-6-9(7-14-4)12-10(13)11-8(2)3/h8-9H,5-7H2,1-4H3,(H2,11,12,13). The lowest BCUT2D eigenvalue weighted by atomic mass is 10.2. The van der Waals surface area contributed by atoms with E-state index in [9.17, 15) is 4.79 Å². The van der Waals surface area contributed by atoms with Gasteiger partial charge in [0.05, 0.1) is 12.6 Å². The van der Waals surface area contributed by atoms with Crippen LogP contribution in [0.2, 0.25) is 0 Å². The Balaban J connectivity index is 3.82. The van der Waals surface area contributed by atoms with Crippen molar-refractivity contribution < 1.29 is 9.53 Å². The summed E-state index contributed by atoms with van der Waals surface area (Å²) in [5, 5.41) is 5.66. The van der Waals surface area contributed by atoms with Crippen LogP contribution in [0.5, 0.6) is 0 Å². The average Bonchev–Trinajstić information content (AvgIpc) is 2.03. The molecule has 0 bridgehead atoms. The van der Waals surface area contributed by atoms with Crippen molar-refractivity contribution in [1.29, 1.82) is 0 Å². The molecule has 0 aliphatic carbocycles. The van der Waals surface area contributed by atoms with Crippen LogP contribution in [-0.2, 0) is 4.74 Å². The first-order chi connectivity index (χ1) is 6.60. The predicted octanol–water partition coefficient (Wildman–Crippen LogP) is 1.51. The van der Waals surface area contributed by atoms with Gasteiger partial charge < -0.3 is 15.4 Å². The van der Waals surface area contributed by atoms with E-state index in [1.165, 1.54) is 0 Å². The average molecular weight is 202 g/mol. The van der Waals surface area contributed by atoms with Crippen LogP contribution < -0.4 is 10.6 Å². The molecule has 4 heteroatoms. The first-order valence-electron chi connectivity index (χ1n) is 5.16. The lowest BCUT2D eigenvalue weighted by Gasteiger charge is -2.18. The van der Waals surface area contributed by atoms with E-state index >= 15 is 0 Å². The van der Waals surface area contributed by atoms with Gasteiger partial charge in [0.15, 0.2) is 0 Å². The van der Waals surface area contributed by atoms with E-state index in [1.54, 1.807) is 7.11 Å².